The zero-order valence-corrected chi connectivity index (χ0v) is 14.5. The van der Waals surface area contributed by atoms with E-state index in [-0.39, 0.29) is 0 Å². The van der Waals surface area contributed by atoms with E-state index in [1.54, 1.807) is 7.11 Å². The van der Waals surface area contributed by atoms with Crippen molar-refractivity contribution in [3.8, 4) is 17.0 Å². The second kappa shape index (κ2) is 6.69. The monoisotopic (exact) mass is 335 g/mol. The Kier molecular flexibility index (Phi) is 4.24. The lowest BCUT2D eigenvalue weighted by Crippen LogP contribution is -2.36. The highest BCUT2D eigenvalue weighted by atomic mass is 16.5. The van der Waals surface area contributed by atoms with E-state index < -0.39 is 0 Å². The summed E-state index contributed by atoms with van der Waals surface area (Å²) in [7, 11) is 1.70. The Bertz CT molecular complexity index is 905. The van der Waals surface area contributed by atoms with Gasteiger partial charge in [0.1, 0.15) is 11.6 Å². The van der Waals surface area contributed by atoms with Gasteiger partial charge in [-0.1, -0.05) is 6.07 Å². The Balaban J connectivity index is 1.91. The molecule has 5 nitrogen and oxygen atoms in total. The fraction of sp³-hybridized carbons (Fsp3) is 0.300. The molecule has 0 bridgehead atoms. The maximum absolute atomic E-state index is 5.52. The Morgan fingerprint density at radius 3 is 2.68 bits per heavy atom. The maximum atomic E-state index is 5.52. The minimum atomic E-state index is 0.752. The quantitative estimate of drug-likeness (QED) is 0.734. The largest absolute Gasteiger partial charge is 0.497 e. The number of aryl methyl sites for hydroxylation is 1. The van der Waals surface area contributed by atoms with Crippen molar-refractivity contribution in [3.63, 3.8) is 0 Å². The molecule has 25 heavy (non-hydrogen) atoms. The van der Waals surface area contributed by atoms with Gasteiger partial charge in [0.2, 0.25) is 0 Å². The maximum Gasteiger partial charge on any atom is 0.125 e. The molecule has 0 unspecified atom stereocenters. The van der Waals surface area contributed by atoms with Crippen LogP contribution in [0, 0.1) is 6.92 Å². The molecule has 5 heteroatoms. The van der Waals surface area contributed by atoms with Gasteiger partial charge in [0.15, 0.2) is 0 Å². The van der Waals surface area contributed by atoms with E-state index in [9.17, 15) is 0 Å². The summed E-state index contributed by atoms with van der Waals surface area (Å²) in [5.41, 5.74) is 3.25. The minimum Gasteiger partial charge on any atom is -0.497 e. The van der Waals surface area contributed by atoms with Gasteiger partial charge in [-0.2, -0.15) is 0 Å². The van der Waals surface area contributed by atoms with Crippen LogP contribution < -0.4 is 9.64 Å². The van der Waals surface area contributed by atoms with E-state index in [4.69, 9.17) is 9.47 Å². The van der Waals surface area contributed by atoms with E-state index in [1.165, 1.54) is 16.5 Å². The zero-order valence-electron chi connectivity index (χ0n) is 14.5. The third-order valence-electron chi connectivity index (χ3n) is 4.56. The SMILES string of the molecule is COc1ccc2cc(-c3ccnc(C)n3)cc(N3CCOCC3)c2c1. The van der Waals surface area contributed by atoms with Crippen molar-refractivity contribution in [3.05, 3.63) is 48.4 Å². The van der Waals surface area contributed by atoms with Crippen molar-refractivity contribution in [2.45, 2.75) is 6.92 Å². The normalized spacial score (nSPS) is 14.7. The Morgan fingerprint density at radius 1 is 1.08 bits per heavy atom. The lowest BCUT2D eigenvalue weighted by Gasteiger charge is -2.30. The average molecular weight is 335 g/mol. The molecule has 3 aromatic rings. The van der Waals surface area contributed by atoms with Crippen molar-refractivity contribution >= 4 is 16.5 Å². The van der Waals surface area contributed by atoms with Crippen LogP contribution in [-0.4, -0.2) is 43.4 Å². The third-order valence-corrected chi connectivity index (χ3v) is 4.56. The molecule has 0 saturated carbocycles. The summed E-state index contributed by atoms with van der Waals surface area (Å²) in [5.74, 6) is 1.65. The van der Waals surface area contributed by atoms with E-state index >= 15 is 0 Å². The highest BCUT2D eigenvalue weighted by molar-refractivity contribution is 5.98. The highest BCUT2D eigenvalue weighted by Crippen LogP contribution is 2.35. The first-order valence-electron chi connectivity index (χ1n) is 8.49. The van der Waals surface area contributed by atoms with Crippen LogP contribution in [0.2, 0.25) is 0 Å². The van der Waals surface area contributed by atoms with E-state index in [2.05, 4.69) is 39.1 Å². The topological polar surface area (TPSA) is 47.5 Å². The molecule has 0 atom stereocenters. The average Bonchev–Trinajstić information content (AvgIpc) is 2.67. The number of hydrogen-bond donors (Lipinski definition) is 0. The lowest BCUT2D eigenvalue weighted by atomic mass is 10.0. The summed E-state index contributed by atoms with van der Waals surface area (Å²) in [5, 5.41) is 2.37. The molecule has 1 aliphatic heterocycles. The number of ether oxygens (including phenoxy) is 2. The molecule has 1 aliphatic rings. The predicted molar refractivity (Wildman–Crippen MR) is 99.3 cm³/mol. The van der Waals surface area contributed by atoms with Gasteiger partial charge in [-0.05, 0) is 42.6 Å². The number of morpholine rings is 1. The summed E-state index contributed by atoms with van der Waals surface area (Å²) in [6.07, 6.45) is 1.81. The number of benzene rings is 2. The highest BCUT2D eigenvalue weighted by Gasteiger charge is 2.16. The molecular weight excluding hydrogens is 314 g/mol. The van der Waals surface area contributed by atoms with Crippen molar-refractivity contribution in [1.82, 2.24) is 9.97 Å². The number of anilines is 1. The van der Waals surface area contributed by atoms with Gasteiger partial charge in [-0.25, -0.2) is 9.97 Å². The molecule has 0 spiro atoms. The standard InChI is InChI=1S/C20H21N3O2/c1-14-21-6-5-19(22-14)16-11-15-3-4-17(24-2)13-18(15)20(12-16)23-7-9-25-10-8-23/h3-6,11-13H,7-10H2,1-2H3. The van der Waals surface area contributed by atoms with Crippen molar-refractivity contribution in [2.75, 3.05) is 38.3 Å². The van der Waals surface area contributed by atoms with Gasteiger partial charge in [0.05, 0.1) is 26.0 Å². The fourth-order valence-corrected chi connectivity index (χ4v) is 3.28. The smallest absolute Gasteiger partial charge is 0.125 e. The number of hydrogen-bond acceptors (Lipinski definition) is 5. The summed E-state index contributed by atoms with van der Waals surface area (Å²) < 4.78 is 11.0. The number of methoxy groups -OCH3 is 1. The minimum absolute atomic E-state index is 0.752. The van der Waals surface area contributed by atoms with E-state index in [0.717, 1.165) is 49.1 Å². The first-order chi connectivity index (χ1) is 12.2. The summed E-state index contributed by atoms with van der Waals surface area (Å²) in [4.78, 5) is 11.2. The third kappa shape index (κ3) is 3.15. The second-order valence-electron chi connectivity index (χ2n) is 6.17. The van der Waals surface area contributed by atoms with Gasteiger partial charge in [0.25, 0.3) is 0 Å². The molecule has 0 amide bonds. The molecule has 0 N–H and O–H groups in total. The van der Waals surface area contributed by atoms with Crippen LogP contribution in [-0.2, 0) is 4.74 Å². The number of fused-ring (bicyclic) bond motifs is 1. The van der Waals surface area contributed by atoms with Crippen LogP contribution in [0.15, 0.2) is 42.6 Å². The molecular formula is C20H21N3O2. The molecule has 0 aliphatic carbocycles. The van der Waals surface area contributed by atoms with Crippen molar-refractivity contribution in [2.24, 2.45) is 0 Å². The van der Waals surface area contributed by atoms with E-state index in [1.807, 2.05) is 25.3 Å². The van der Waals surface area contributed by atoms with Gasteiger partial charge in [-0.15, -0.1) is 0 Å². The number of aromatic nitrogens is 2. The van der Waals surface area contributed by atoms with Gasteiger partial charge < -0.3 is 14.4 Å². The lowest BCUT2D eigenvalue weighted by molar-refractivity contribution is 0.123. The van der Waals surface area contributed by atoms with Crippen LogP contribution in [0.5, 0.6) is 5.75 Å². The van der Waals surface area contributed by atoms with Crippen LogP contribution in [0.25, 0.3) is 22.0 Å². The van der Waals surface area contributed by atoms with Crippen LogP contribution >= 0.6 is 0 Å². The van der Waals surface area contributed by atoms with Crippen LogP contribution in [0.3, 0.4) is 0 Å². The predicted octanol–water partition coefficient (Wildman–Crippen LogP) is 3.45. The molecule has 128 valence electrons. The molecule has 0 radical (unpaired) electrons. The first-order valence-corrected chi connectivity index (χ1v) is 8.49. The Labute approximate surface area is 147 Å². The summed E-state index contributed by atoms with van der Waals surface area (Å²) >= 11 is 0. The van der Waals surface area contributed by atoms with Crippen LogP contribution in [0.4, 0.5) is 5.69 Å². The molecule has 1 aromatic heterocycles. The summed E-state index contributed by atoms with van der Waals surface area (Å²) in [6.45, 7) is 5.19. The van der Waals surface area contributed by atoms with Gasteiger partial charge in [-0.3, -0.25) is 0 Å². The molecule has 2 heterocycles. The Morgan fingerprint density at radius 2 is 1.92 bits per heavy atom. The van der Waals surface area contributed by atoms with E-state index in [0.29, 0.717) is 0 Å². The zero-order chi connectivity index (χ0) is 17.2. The van der Waals surface area contributed by atoms with Crippen molar-refractivity contribution < 1.29 is 9.47 Å². The molecule has 1 fully saturated rings. The first kappa shape index (κ1) is 15.8. The summed E-state index contributed by atoms with van der Waals surface area (Å²) in [6, 6.07) is 12.6. The van der Waals surface area contributed by atoms with Gasteiger partial charge in [0, 0.05) is 35.9 Å². The molecule has 4 rings (SSSR count). The second-order valence-corrected chi connectivity index (χ2v) is 6.17. The Hall–Kier alpha value is -2.66. The number of rotatable bonds is 3. The fourth-order valence-electron chi connectivity index (χ4n) is 3.28. The van der Waals surface area contributed by atoms with Crippen molar-refractivity contribution in [1.29, 1.82) is 0 Å². The van der Waals surface area contributed by atoms with Gasteiger partial charge >= 0.3 is 0 Å². The number of nitrogens with zero attached hydrogens (tertiary/aromatic N) is 3. The molecule has 1 saturated heterocycles. The van der Waals surface area contributed by atoms with Crippen LogP contribution in [0.1, 0.15) is 5.82 Å². The molecule has 2 aromatic carbocycles.